The smallest absolute Gasteiger partial charge is 0.329 e. The summed E-state index contributed by atoms with van der Waals surface area (Å²) < 4.78 is 0. The fourth-order valence-corrected chi connectivity index (χ4v) is 0.928. The van der Waals surface area contributed by atoms with Crippen LogP contribution in [-0.2, 0) is 9.59 Å². The monoisotopic (exact) mass is 216 g/mol. The minimum atomic E-state index is -1.23. The maximum atomic E-state index is 11.8. The van der Waals surface area contributed by atoms with Gasteiger partial charge in [-0.15, -0.1) is 0 Å². The minimum absolute atomic E-state index is 0.00968. The lowest BCUT2D eigenvalue weighted by atomic mass is 9.99. The van der Waals surface area contributed by atoms with Crippen LogP contribution < -0.4 is 5.73 Å². The van der Waals surface area contributed by atoms with E-state index in [0.717, 1.165) is 0 Å². The van der Waals surface area contributed by atoms with Gasteiger partial charge in [0.15, 0.2) is 0 Å². The van der Waals surface area contributed by atoms with Crippen molar-refractivity contribution in [2.75, 3.05) is 7.05 Å². The number of likely N-dealkylation sites (N-methyl/N-ethyl adjacent to an activating group) is 1. The van der Waals surface area contributed by atoms with Gasteiger partial charge in [-0.05, 0) is 19.8 Å². The van der Waals surface area contributed by atoms with E-state index in [1.54, 1.807) is 0 Å². The molecular weight excluding hydrogens is 196 g/mol. The van der Waals surface area contributed by atoms with Crippen molar-refractivity contribution in [3.8, 4) is 0 Å². The van der Waals surface area contributed by atoms with Crippen molar-refractivity contribution in [1.82, 2.24) is 4.90 Å². The number of amides is 1. The Labute approximate surface area is 90.2 Å². The van der Waals surface area contributed by atoms with Crippen molar-refractivity contribution in [3.05, 3.63) is 0 Å². The van der Waals surface area contributed by atoms with Gasteiger partial charge < -0.3 is 15.7 Å². The minimum Gasteiger partial charge on any atom is -0.480 e. The number of carboxylic acid groups (broad SMARTS) is 1. The van der Waals surface area contributed by atoms with Crippen LogP contribution in [0, 0.1) is 5.92 Å². The number of carboxylic acids is 1. The SMILES string of the molecule is CC(C)[C@H](N)C(=O)N(C)C(C)(C)C(=O)O. The Balaban J connectivity index is 4.79. The van der Waals surface area contributed by atoms with E-state index in [1.165, 1.54) is 25.8 Å². The molecule has 0 rings (SSSR count). The summed E-state index contributed by atoms with van der Waals surface area (Å²) in [4.78, 5) is 23.9. The Hall–Kier alpha value is -1.10. The largest absolute Gasteiger partial charge is 0.480 e. The molecule has 0 aliphatic carbocycles. The number of hydrogen-bond donors (Lipinski definition) is 2. The summed E-state index contributed by atoms with van der Waals surface area (Å²) in [6.07, 6.45) is 0. The second-order valence-corrected chi connectivity index (χ2v) is 4.53. The van der Waals surface area contributed by atoms with Crippen LogP contribution >= 0.6 is 0 Å². The average Bonchev–Trinajstić information content (AvgIpc) is 2.13. The van der Waals surface area contributed by atoms with Crippen LogP contribution in [0.3, 0.4) is 0 Å². The summed E-state index contributed by atoms with van der Waals surface area (Å²) >= 11 is 0. The third kappa shape index (κ3) is 2.92. The molecule has 0 aromatic heterocycles. The first kappa shape index (κ1) is 13.9. The average molecular weight is 216 g/mol. The number of nitrogens with two attached hydrogens (primary N) is 1. The zero-order chi connectivity index (χ0) is 12.4. The molecule has 0 bridgehead atoms. The number of hydrogen-bond acceptors (Lipinski definition) is 3. The molecule has 0 saturated heterocycles. The normalized spacial score (nSPS) is 13.8. The molecule has 3 N–H and O–H groups in total. The molecule has 0 saturated carbocycles. The molecule has 0 heterocycles. The predicted octanol–water partition coefficient (Wildman–Crippen LogP) is 0.291. The van der Waals surface area contributed by atoms with E-state index in [9.17, 15) is 9.59 Å². The van der Waals surface area contributed by atoms with Crippen molar-refractivity contribution in [3.63, 3.8) is 0 Å². The molecule has 88 valence electrons. The molecule has 0 unspecified atom stereocenters. The fraction of sp³-hybridized carbons (Fsp3) is 0.800. The molecule has 0 spiro atoms. The molecule has 0 aliphatic rings. The Kier molecular flexibility index (Phi) is 4.27. The molecule has 1 amide bonds. The van der Waals surface area contributed by atoms with Crippen LogP contribution in [-0.4, -0.2) is 40.5 Å². The number of rotatable bonds is 4. The maximum Gasteiger partial charge on any atom is 0.329 e. The van der Waals surface area contributed by atoms with Gasteiger partial charge in [0.1, 0.15) is 5.54 Å². The number of carbonyl (C=O) groups is 2. The van der Waals surface area contributed by atoms with E-state index in [4.69, 9.17) is 10.8 Å². The zero-order valence-electron chi connectivity index (χ0n) is 9.94. The molecule has 0 aromatic rings. The van der Waals surface area contributed by atoms with Crippen LogP contribution in [0.25, 0.3) is 0 Å². The van der Waals surface area contributed by atoms with Crippen LogP contribution in [0.4, 0.5) is 0 Å². The summed E-state index contributed by atoms with van der Waals surface area (Å²) in [6.45, 7) is 6.59. The molecule has 15 heavy (non-hydrogen) atoms. The lowest BCUT2D eigenvalue weighted by Gasteiger charge is -2.34. The van der Waals surface area contributed by atoms with Gasteiger partial charge >= 0.3 is 5.97 Å². The highest BCUT2D eigenvalue weighted by atomic mass is 16.4. The topological polar surface area (TPSA) is 83.6 Å². The molecule has 0 fully saturated rings. The molecule has 1 atom stereocenters. The third-order valence-electron chi connectivity index (χ3n) is 2.70. The first-order chi connectivity index (χ1) is 6.62. The van der Waals surface area contributed by atoms with Gasteiger partial charge in [0.2, 0.25) is 5.91 Å². The first-order valence-electron chi connectivity index (χ1n) is 4.89. The van der Waals surface area contributed by atoms with Gasteiger partial charge in [-0.3, -0.25) is 4.79 Å². The lowest BCUT2D eigenvalue weighted by Crippen LogP contribution is -2.56. The first-order valence-corrected chi connectivity index (χ1v) is 4.89. The highest BCUT2D eigenvalue weighted by molar-refractivity contribution is 5.88. The zero-order valence-corrected chi connectivity index (χ0v) is 9.94. The number of nitrogens with zero attached hydrogens (tertiary/aromatic N) is 1. The second-order valence-electron chi connectivity index (χ2n) is 4.53. The Morgan fingerprint density at radius 2 is 1.73 bits per heavy atom. The van der Waals surface area contributed by atoms with Crippen LogP contribution in [0.2, 0.25) is 0 Å². The summed E-state index contributed by atoms with van der Waals surface area (Å²) in [5, 5.41) is 8.95. The quantitative estimate of drug-likeness (QED) is 0.707. The summed E-state index contributed by atoms with van der Waals surface area (Å²) in [6, 6.07) is -0.659. The van der Waals surface area contributed by atoms with Gasteiger partial charge in [0.25, 0.3) is 0 Å². The molecule has 0 aliphatic heterocycles. The molecule has 5 heteroatoms. The van der Waals surface area contributed by atoms with Gasteiger partial charge in [0.05, 0.1) is 6.04 Å². The number of carbonyl (C=O) groups excluding carboxylic acids is 1. The van der Waals surface area contributed by atoms with Crippen molar-refractivity contribution in [2.45, 2.75) is 39.3 Å². The Bertz CT molecular complexity index is 261. The predicted molar refractivity (Wildman–Crippen MR) is 57.3 cm³/mol. The van der Waals surface area contributed by atoms with E-state index in [-0.39, 0.29) is 11.8 Å². The van der Waals surface area contributed by atoms with E-state index in [2.05, 4.69) is 0 Å². The van der Waals surface area contributed by atoms with Crippen LogP contribution in [0.5, 0.6) is 0 Å². The Morgan fingerprint density at radius 1 is 1.33 bits per heavy atom. The van der Waals surface area contributed by atoms with Gasteiger partial charge in [-0.2, -0.15) is 0 Å². The van der Waals surface area contributed by atoms with Crippen molar-refractivity contribution in [1.29, 1.82) is 0 Å². The molecule has 0 aromatic carbocycles. The summed E-state index contributed by atoms with van der Waals surface area (Å²) in [7, 11) is 1.46. The van der Waals surface area contributed by atoms with Gasteiger partial charge in [-0.1, -0.05) is 13.8 Å². The molecule has 0 radical (unpaired) electrons. The third-order valence-corrected chi connectivity index (χ3v) is 2.70. The fourth-order valence-electron chi connectivity index (χ4n) is 0.928. The van der Waals surface area contributed by atoms with E-state index >= 15 is 0 Å². The van der Waals surface area contributed by atoms with Crippen LogP contribution in [0.15, 0.2) is 0 Å². The summed E-state index contributed by atoms with van der Waals surface area (Å²) in [5.74, 6) is -1.41. The molecule has 5 nitrogen and oxygen atoms in total. The van der Waals surface area contributed by atoms with E-state index in [1.807, 2.05) is 13.8 Å². The van der Waals surface area contributed by atoms with Crippen LogP contribution in [0.1, 0.15) is 27.7 Å². The van der Waals surface area contributed by atoms with E-state index in [0.29, 0.717) is 0 Å². The van der Waals surface area contributed by atoms with Gasteiger partial charge in [0, 0.05) is 7.05 Å². The van der Waals surface area contributed by atoms with Crippen molar-refractivity contribution < 1.29 is 14.7 Å². The molecular formula is C10H20N2O3. The Morgan fingerprint density at radius 3 is 2.00 bits per heavy atom. The van der Waals surface area contributed by atoms with Crippen molar-refractivity contribution in [2.24, 2.45) is 11.7 Å². The highest BCUT2D eigenvalue weighted by Gasteiger charge is 2.37. The summed E-state index contributed by atoms with van der Waals surface area (Å²) in [5.41, 5.74) is 4.44. The van der Waals surface area contributed by atoms with Crippen molar-refractivity contribution >= 4 is 11.9 Å². The second kappa shape index (κ2) is 4.61. The van der Waals surface area contributed by atoms with E-state index < -0.39 is 17.6 Å². The highest BCUT2D eigenvalue weighted by Crippen LogP contribution is 2.15. The standard InChI is InChI=1S/C10H20N2O3/c1-6(2)7(11)8(13)12(5)10(3,4)9(14)15/h6-7H,11H2,1-5H3,(H,14,15)/t7-/m0/s1. The maximum absolute atomic E-state index is 11.8. The van der Waals surface area contributed by atoms with Gasteiger partial charge in [-0.25, -0.2) is 4.79 Å². The lowest BCUT2D eigenvalue weighted by molar-refractivity contribution is -0.156. The number of aliphatic carboxylic acids is 1.